The number of anilines is 2. The van der Waals surface area contributed by atoms with Crippen LogP contribution in [0.3, 0.4) is 0 Å². The van der Waals surface area contributed by atoms with E-state index in [1.54, 1.807) is 11.0 Å². The van der Waals surface area contributed by atoms with E-state index in [-0.39, 0.29) is 11.8 Å². The van der Waals surface area contributed by atoms with Crippen LogP contribution in [0.2, 0.25) is 5.02 Å². The van der Waals surface area contributed by atoms with Crippen molar-refractivity contribution >= 4 is 53.9 Å². The molecule has 0 N–H and O–H groups in total. The van der Waals surface area contributed by atoms with Gasteiger partial charge in [0, 0.05) is 28.4 Å². The molecule has 0 radical (unpaired) electrons. The van der Waals surface area contributed by atoms with Crippen LogP contribution in [0.4, 0.5) is 10.8 Å². The van der Waals surface area contributed by atoms with Gasteiger partial charge in [0.1, 0.15) is 0 Å². The number of allylic oxidation sites excluding steroid dienone is 3. The number of amides is 1. The van der Waals surface area contributed by atoms with E-state index in [4.69, 9.17) is 23.0 Å². The summed E-state index contributed by atoms with van der Waals surface area (Å²) in [5, 5.41) is 3.15. The Hall–Kier alpha value is -2.22. The topological polar surface area (TPSA) is 36.4 Å². The first-order valence-corrected chi connectivity index (χ1v) is 12.0. The van der Waals surface area contributed by atoms with E-state index in [2.05, 4.69) is 21.7 Å². The number of terminal acetylenes is 1. The van der Waals surface area contributed by atoms with E-state index in [0.717, 1.165) is 34.5 Å². The third-order valence-corrected chi connectivity index (χ3v) is 6.89. The molecular formula is C25H29ClN3OPS. The lowest BCUT2D eigenvalue weighted by atomic mass is 10.1. The quantitative estimate of drug-likeness (QED) is 0.185. The van der Waals surface area contributed by atoms with Crippen LogP contribution in [0.25, 0.3) is 0 Å². The molecule has 0 aliphatic heterocycles. The molecule has 0 fully saturated rings. The molecule has 2 rings (SSSR count). The summed E-state index contributed by atoms with van der Waals surface area (Å²) >= 11 is 7.59. The highest BCUT2D eigenvalue weighted by molar-refractivity contribution is 7.22. The average Bonchev–Trinajstić information content (AvgIpc) is 3.26. The molecule has 0 bridgehead atoms. The number of aromatic nitrogens is 1. The van der Waals surface area contributed by atoms with Gasteiger partial charge < -0.3 is 0 Å². The molecule has 2 aromatic rings. The van der Waals surface area contributed by atoms with Crippen LogP contribution >= 0.6 is 31.8 Å². The lowest BCUT2D eigenvalue weighted by Crippen LogP contribution is -2.28. The summed E-state index contributed by atoms with van der Waals surface area (Å²) < 4.78 is 0. The standard InChI is InChI=1S/C25H29ClN3OPS/c1-8-16(3)10-11-17(4)19(6)23(30)29(22-13-12-20(26)14-18(22)5)25-27-21(15-32-25)24(31)28(7)9-2/h1,10-16,31H,9H2,2-7H3/b11-10-,19-17+. The van der Waals surface area contributed by atoms with Crippen molar-refractivity contribution in [1.29, 1.82) is 0 Å². The van der Waals surface area contributed by atoms with Crippen LogP contribution in [0.5, 0.6) is 0 Å². The van der Waals surface area contributed by atoms with Gasteiger partial charge in [0.25, 0.3) is 5.91 Å². The summed E-state index contributed by atoms with van der Waals surface area (Å²) in [6.07, 6.45) is 9.28. The first-order valence-electron chi connectivity index (χ1n) is 10.3. The molecule has 0 saturated carbocycles. The van der Waals surface area contributed by atoms with Gasteiger partial charge in [-0.2, -0.15) is 0 Å². The van der Waals surface area contributed by atoms with Gasteiger partial charge in [0.2, 0.25) is 0 Å². The lowest BCUT2D eigenvalue weighted by molar-refractivity contribution is -0.114. The van der Waals surface area contributed by atoms with Gasteiger partial charge in [-0.15, -0.1) is 17.8 Å². The van der Waals surface area contributed by atoms with Crippen LogP contribution < -0.4 is 4.90 Å². The number of aryl methyl sites for hydroxylation is 1. The number of benzene rings is 1. The van der Waals surface area contributed by atoms with Gasteiger partial charge in [-0.3, -0.25) is 14.6 Å². The molecule has 0 spiro atoms. The van der Waals surface area contributed by atoms with Crippen LogP contribution in [0.15, 0.2) is 46.9 Å². The van der Waals surface area contributed by atoms with Crippen molar-refractivity contribution < 1.29 is 4.79 Å². The zero-order chi connectivity index (χ0) is 24.0. The third kappa shape index (κ3) is 6.18. The highest BCUT2D eigenvalue weighted by Crippen LogP contribution is 2.34. The Morgan fingerprint density at radius 2 is 2.09 bits per heavy atom. The zero-order valence-corrected chi connectivity index (χ0v) is 21.9. The highest BCUT2D eigenvalue weighted by atomic mass is 35.5. The first kappa shape index (κ1) is 26.0. The second-order valence-electron chi connectivity index (χ2n) is 7.57. The van der Waals surface area contributed by atoms with Crippen molar-refractivity contribution in [2.75, 3.05) is 18.5 Å². The Labute approximate surface area is 202 Å². The summed E-state index contributed by atoms with van der Waals surface area (Å²) in [5.74, 6) is 2.51. The van der Waals surface area contributed by atoms with Crippen molar-refractivity contribution in [3.63, 3.8) is 0 Å². The van der Waals surface area contributed by atoms with Crippen molar-refractivity contribution in [1.82, 2.24) is 9.88 Å². The van der Waals surface area contributed by atoms with Gasteiger partial charge in [-0.05, 0) is 64.1 Å². The fraction of sp³-hybridized carbons (Fsp3) is 0.320. The molecule has 1 aromatic heterocycles. The maximum absolute atomic E-state index is 13.7. The molecule has 32 heavy (non-hydrogen) atoms. The Balaban J connectivity index is 2.57. The van der Waals surface area contributed by atoms with Crippen molar-refractivity contribution in [2.45, 2.75) is 34.6 Å². The van der Waals surface area contributed by atoms with Gasteiger partial charge in [-0.25, -0.2) is 4.98 Å². The number of hydrogen-bond donors (Lipinski definition) is 0. The number of carbonyl (C=O) groups is 1. The molecule has 0 aliphatic rings. The molecule has 1 unspecified atom stereocenters. The number of thiazole rings is 1. The first-order chi connectivity index (χ1) is 15.1. The molecule has 0 saturated heterocycles. The molecule has 0 aliphatic carbocycles. The predicted octanol–water partition coefficient (Wildman–Crippen LogP) is 6.50. The second-order valence-corrected chi connectivity index (χ2v) is 9.32. The van der Waals surface area contributed by atoms with Gasteiger partial charge >= 0.3 is 0 Å². The Morgan fingerprint density at radius 1 is 1.41 bits per heavy atom. The summed E-state index contributed by atoms with van der Waals surface area (Å²) in [5.41, 5.74) is 4.74. The molecular weight excluding hydrogens is 457 g/mol. The Bertz CT molecular complexity index is 1110. The number of carbonyl (C=O) groups excluding carboxylic acids is 1. The van der Waals surface area contributed by atoms with Crippen LogP contribution in [-0.4, -0.2) is 34.8 Å². The summed E-state index contributed by atoms with van der Waals surface area (Å²) in [6.45, 7) is 10.5. The molecule has 168 valence electrons. The monoisotopic (exact) mass is 485 g/mol. The minimum absolute atomic E-state index is 0.00720. The number of hydrogen-bond acceptors (Lipinski definition) is 3. The average molecular weight is 486 g/mol. The SMILES string of the molecule is C#CC(C)/C=C\C(C)=C(/C)C(=O)N(c1nc(C(=P)N(C)CC)cs1)c1ccc(Cl)cc1C. The zero-order valence-electron chi connectivity index (χ0n) is 19.4. The number of nitrogens with zero attached hydrogens (tertiary/aromatic N) is 3. The van der Waals surface area contributed by atoms with Crippen molar-refractivity contribution in [3.05, 3.63) is 63.2 Å². The fourth-order valence-electron chi connectivity index (χ4n) is 2.80. The number of rotatable bonds is 8. The summed E-state index contributed by atoms with van der Waals surface area (Å²) in [7, 11) is 5.65. The molecule has 1 heterocycles. The fourth-order valence-corrected chi connectivity index (χ4v) is 4.24. The maximum Gasteiger partial charge on any atom is 0.260 e. The second kappa shape index (κ2) is 11.6. The van der Waals surface area contributed by atoms with E-state index < -0.39 is 0 Å². The van der Waals surface area contributed by atoms with E-state index in [1.165, 1.54) is 11.3 Å². The van der Waals surface area contributed by atoms with Crippen molar-refractivity contribution in [2.24, 2.45) is 5.92 Å². The van der Waals surface area contributed by atoms with Crippen LogP contribution in [0.1, 0.15) is 39.0 Å². The van der Waals surface area contributed by atoms with Gasteiger partial charge in [0.05, 0.1) is 16.8 Å². The molecule has 1 amide bonds. The van der Waals surface area contributed by atoms with Crippen LogP contribution in [-0.2, 0) is 4.79 Å². The summed E-state index contributed by atoms with van der Waals surface area (Å²) in [6, 6.07) is 5.48. The highest BCUT2D eigenvalue weighted by Gasteiger charge is 2.25. The minimum Gasteiger partial charge on any atom is -0.273 e. The van der Waals surface area contributed by atoms with E-state index in [1.807, 2.05) is 69.3 Å². The maximum atomic E-state index is 13.7. The lowest BCUT2D eigenvalue weighted by Gasteiger charge is -2.23. The predicted molar refractivity (Wildman–Crippen MR) is 142 cm³/mol. The normalized spacial score (nSPS) is 13.1. The molecule has 1 atom stereocenters. The van der Waals surface area contributed by atoms with Gasteiger partial charge in [-0.1, -0.05) is 45.5 Å². The van der Waals surface area contributed by atoms with Crippen LogP contribution in [0, 0.1) is 25.2 Å². The van der Waals surface area contributed by atoms with Gasteiger partial charge in [0.15, 0.2) is 5.13 Å². The number of halogens is 1. The van der Waals surface area contributed by atoms with E-state index in [0.29, 0.717) is 15.7 Å². The summed E-state index contributed by atoms with van der Waals surface area (Å²) in [4.78, 5) is 22.2. The van der Waals surface area contributed by atoms with E-state index in [9.17, 15) is 4.79 Å². The minimum atomic E-state index is -0.147. The molecule has 7 heteroatoms. The van der Waals surface area contributed by atoms with Crippen molar-refractivity contribution in [3.8, 4) is 12.3 Å². The Kier molecular flexibility index (Phi) is 9.43. The molecule has 4 nitrogen and oxygen atoms in total. The Morgan fingerprint density at radius 3 is 2.69 bits per heavy atom. The smallest absolute Gasteiger partial charge is 0.260 e. The third-order valence-electron chi connectivity index (χ3n) is 5.19. The largest absolute Gasteiger partial charge is 0.273 e. The molecule has 1 aromatic carbocycles. The van der Waals surface area contributed by atoms with E-state index >= 15 is 0 Å².